The van der Waals surface area contributed by atoms with Crippen LogP contribution >= 0.6 is 0 Å². The average molecular weight is 272 g/mol. The summed E-state index contributed by atoms with van der Waals surface area (Å²) in [5, 5.41) is 0. The fraction of sp³-hybridized carbons (Fsp3) is 0.500. The van der Waals surface area contributed by atoms with Crippen molar-refractivity contribution in [3.8, 4) is 0 Å². The van der Waals surface area contributed by atoms with E-state index in [-0.39, 0.29) is 17.5 Å². The molecule has 0 atom stereocenters. The van der Waals surface area contributed by atoms with E-state index >= 15 is 0 Å². The molecule has 18 heavy (non-hydrogen) atoms. The number of benzene rings is 1. The molecule has 0 saturated heterocycles. The Balaban J connectivity index is 2.66. The molecule has 1 rings (SSSR count). The zero-order valence-corrected chi connectivity index (χ0v) is 11.8. The zero-order valence-electron chi connectivity index (χ0n) is 10.9. The topological polar surface area (TPSA) is 81.4 Å². The average Bonchev–Trinajstić information content (AvgIpc) is 2.28. The van der Waals surface area contributed by atoms with Crippen molar-refractivity contribution in [2.45, 2.75) is 31.8 Å². The third-order valence-electron chi connectivity index (χ3n) is 2.41. The second-order valence-corrected chi connectivity index (χ2v) is 6.10. The summed E-state index contributed by atoms with van der Waals surface area (Å²) < 4.78 is 31.6. The predicted molar refractivity (Wildman–Crippen MR) is 71.9 cm³/mol. The summed E-state index contributed by atoms with van der Waals surface area (Å²) in [6.45, 7) is 6.21. The van der Waals surface area contributed by atoms with Crippen LogP contribution in [-0.2, 0) is 14.8 Å². The Morgan fingerprint density at radius 1 is 1.39 bits per heavy atom. The van der Waals surface area contributed by atoms with Gasteiger partial charge < -0.3 is 10.5 Å². The van der Waals surface area contributed by atoms with Gasteiger partial charge in [0.05, 0.1) is 17.6 Å². The van der Waals surface area contributed by atoms with Gasteiger partial charge in [-0.25, -0.2) is 13.1 Å². The highest BCUT2D eigenvalue weighted by Gasteiger charge is 2.14. The van der Waals surface area contributed by atoms with Crippen LogP contribution < -0.4 is 10.5 Å². The Labute approximate surface area is 108 Å². The maximum absolute atomic E-state index is 11.9. The molecule has 5 nitrogen and oxygen atoms in total. The van der Waals surface area contributed by atoms with E-state index in [4.69, 9.17) is 10.5 Å². The molecule has 0 amide bonds. The van der Waals surface area contributed by atoms with Gasteiger partial charge in [-0.2, -0.15) is 0 Å². The minimum atomic E-state index is -3.51. The fourth-order valence-electron chi connectivity index (χ4n) is 1.34. The molecule has 0 aliphatic heterocycles. The summed E-state index contributed by atoms with van der Waals surface area (Å²) in [4.78, 5) is 0.176. The largest absolute Gasteiger partial charge is 0.398 e. The van der Waals surface area contributed by atoms with Crippen LogP contribution in [0.4, 0.5) is 5.69 Å². The Hall–Kier alpha value is -1.11. The van der Waals surface area contributed by atoms with E-state index < -0.39 is 10.0 Å². The summed E-state index contributed by atoms with van der Waals surface area (Å²) in [5.74, 6) is 0. The molecule has 6 heteroatoms. The van der Waals surface area contributed by atoms with Crippen LogP contribution in [0.1, 0.15) is 19.4 Å². The van der Waals surface area contributed by atoms with Crippen molar-refractivity contribution in [1.82, 2.24) is 4.72 Å². The lowest BCUT2D eigenvalue weighted by Crippen LogP contribution is -2.28. The van der Waals surface area contributed by atoms with E-state index in [2.05, 4.69) is 4.72 Å². The van der Waals surface area contributed by atoms with Crippen LogP contribution in [0.25, 0.3) is 0 Å². The summed E-state index contributed by atoms with van der Waals surface area (Å²) in [5.41, 5.74) is 7.02. The summed E-state index contributed by atoms with van der Waals surface area (Å²) in [6.07, 6.45) is 0.0875. The van der Waals surface area contributed by atoms with Crippen LogP contribution in [-0.4, -0.2) is 27.7 Å². The summed E-state index contributed by atoms with van der Waals surface area (Å²) in [7, 11) is -3.51. The molecule has 0 aliphatic rings. The number of nitrogens with two attached hydrogens (primary N) is 1. The standard InChI is InChI=1S/C12H20N2O3S/c1-9(2)17-7-6-14-18(15,16)11-5-4-10(3)12(13)8-11/h4-5,8-9,14H,6-7,13H2,1-3H3. The van der Waals surface area contributed by atoms with Gasteiger partial charge in [-0.3, -0.25) is 0 Å². The second-order valence-electron chi connectivity index (χ2n) is 4.34. The van der Waals surface area contributed by atoms with E-state index in [1.54, 1.807) is 6.07 Å². The van der Waals surface area contributed by atoms with E-state index in [1.807, 2.05) is 20.8 Å². The molecular formula is C12H20N2O3S. The van der Waals surface area contributed by atoms with E-state index in [0.717, 1.165) is 5.56 Å². The Kier molecular flexibility index (Phi) is 5.13. The maximum Gasteiger partial charge on any atom is 0.240 e. The quantitative estimate of drug-likeness (QED) is 0.604. The molecule has 0 spiro atoms. The molecule has 0 fully saturated rings. The van der Waals surface area contributed by atoms with Crippen LogP contribution in [0.3, 0.4) is 0 Å². The molecule has 0 heterocycles. The summed E-state index contributed by atoms with van der Waals surface area (Å²) >= 11 is 0. The molecule has 0 aliphatic carbocycles. The minimum Gasteiger partial charge on any atom is -0.398 e. The van der Waals surface area contributed by atoms with Crippen molar-refractivity contribution in [3.05, 3.63) is 23.8 Å². The van der Waals surface area contributed by atoms with Gasteiger partial charge in [-0.05, 0) is 38.5 Å². The summed E-state index contributed by atoms with van der Waals surface area (Å²) in [6, 6.07) is 4.69. The van der Waals surface area contributed by atoms with Gasteiger partial charge in [-0.15, -0.1) is 0 Å². The Bertz CT molecular complexity index is 498. The van der Waals surface area contributed by atoms with E-state index in [0.29, 0.717) is 12.3 Å². The Morgan fingerprint density at radius 3 is 2.61 bits per heavy atom. The zero-order chi connectivity index (χ0) is 13.8. The lowest BCUT2D eigenvalue weighted by atomic mass is 10.2. The number of nitrogen functional groups attached to an aromatic ring is 1. The molecule has 0 aromatic heterocycles. The third-order valence-corrected chi connectivity index (χ3v) is 3.87. The molecule has 3 N–H and O–H groups in total. The van der Waals surface area contributed by atoms with Crippen molar-refractivity contribution < 1.29 is 13.2 Å². The van der Waals surface area contributed by atoms with E-state index in [1.165, 1.54) is 12.1 Å². The first-order chi connectivity index (χ1) is 8.33. The van der Waals surface area contributed by atoms with Gasteiger partial charge >= 0.3 is 0 Å². The number of anilines is 1. The van der Waals surface area contributed by atoms with Crippen LogP contribution in [0.15, 0.2) is 23.1 Å². The van der Waals surface area contributed by atoms with Crippen LogP contribution in [0.5, 0.6) is 0 Å². The number of hydrogen-bond acceptors (Lipinski definition) is 4. The van der Waals surface area contributed by atoms with Gasteiger partial charge in [0.15, 0.2) is 0 Å². The minimum absolute atomic E-state index is 0.0875. The lowest BCUT2D eigenvalue weighted by molar-refractivity contribution is 0.0834. The molecule has 0 saturated carbocycles. The number of ether oxygens (including phenoxy) is 1. The maximum atomic E-state index is 11.9. The first kappa shape index (κ1) is 14.9. The van der Waals surface area contributed by atoms with Crippen molar-refractivity contribution in [2.75, 3.05) is 18.9 Å². The SMILES string of the molecule is Cc1ccc(S(=O)(=O)NCCOC(C)C)cc1N. The van der Waals surface area contributed by atoms with Gasteiger partial charge in [0.1, 0.15) is 0 Å². The number of nitrogens with one attached hydrogen (secondary N) is 1. The van der Waals surface area contributed by atoms with Gasteiger partial charge in [0.25, 0.3) is 0 Å². The molecule has 1 aromatic carbocycles. The van der Waals surface area contributed by atoms with Crippen molar-refractivity contribution in [3.63, 3.8) is 0 Å². The normalized spacial score (nSPS) is 12.0. The molecule has 0 radical (unpaired) electrons. The van der Waals surface area contributed by atoms with Crippen molar-refractivity contribution >= 4 is 15.7 Å². The van der Waals surface area contributed by atoms with Crippen LogP contribution in [0, 0.1) is 6.92 Å². The smallest absolute Gasteiger partial charge is 0.240 e. The number of rotatable bonds is 6. The highest BCUT2D eigenvalue weighted by Crippen LogP contribution is 2.16. The highest BCUT2D eigenvalue weighted by molar-refractivity contribution is 7.89. The molecule has 0 bridgehead atoms. The van der Waals surface area contributed by atoms with Gasteiger partial charge in [0, 0.05) is 12.2 Å². The molecule has 0 unspecified atom stereocenters. The number of sulfonamides is 1. The molecule has 1 aromatic rings. The number of hydrogen-bond donors (Lipinski definition) is 2. The first-order valence-corrected chi connectivity index (χ1v) is 7.28. The van der Waals surface area contributed by atoms with Gasteiger partial charge in [-0.1, -0.05) is 6.07 Å². The van der Waals surface area contributed by atoms with Crippen LogP contribution in [0.2, 0.25) is 0 Å². The Morgan fingerprint density at radius 2 is 2.06 bits per heavy atom. The third kappa shape index (κ3) is 4.29. The monoisotopic (exact) mass is 272 g/mol. The second kappa shape index (κ2) is 6.17. The highest BCUT2D eigenvalue weighted by atomic mass is 32.2. The molecular weight excluding hydrogens is 252 g/mol. The number of aryl methyl sites for hydroxylation is 1. The first-order valence-electron chi connectivity index (χ1n) is 5.80. The van der Waals surface area contributed by atoms with Crippen molar-refractivity contribution in [2.24, 2.45) is 0 Å². The fourth-order valence-corrected chi connectivity index (χ4v) is 2.39. The van der Waals surface area contributed by atoms with E-state index in [9.17, 15) is 8.42 Å². The molecule has 102 valence electrons. The lowest BCUT2D eigenvalue weighted by Gasteiger charge is -2.10. The predicted octanol–water partition coefficient (Wildman–Crippen LogP) is 1.28. The van der Waals surface area contributed by atoms with Crippen molar-refractivity contribution in [1.29, 1.82) is 0 Å². The van der Waals surface area contributed by atoms with Gasteiger partial charge in [0.2, 0.25) is 10.0 Å².